The SMILES string of the molecule is COc1ccc(S(=O)(=O)N(CC(=O)N(Cc2ccccc2)[C@@H](Cc2ccccc2)C(=O)NC2CCCCC2)c2ccc(F)cc2)cc1. The molecule has 1 aliphatic rings. The molecule has 1 aliphatic carbocycles. The van der Waals surface area contributed by atoms with E-state index in [0.29, 0.717) is 5.75 Å². The van der Waals surface area contributed by atoms with Gasteiger partial charge in [0.05, 0.1) is 17.7 Å². The number of anilines is 1. The van der Waals surface area contributed by atoms with Crippen molar-refractivity contribution in [3.05, 3.63) is 126 Å². The van der Waals surface area contributed by atoms with Crippen molar-refractivity contribution in [2.75, 3.05) is 18.0 Å². The minimum atomic E-state index is -4.31. The van der Waals surface area contributed by atoms with Gasteiger partial charge in [-0.2, -0.15) is 0 Å². The number of carbonyl (C=O) groups is 2. The van der Waals surface area contributed by atoms with Crippen molar-refractivity contribution < 1.29 is 27.1 Å². The molecule has 0 bridgehead atoms. The zero-order valence-electron chi connectivity index (χ0n) is 26.4. The quantitative estimate of drug-likeness (QED) is 0.187. The first kappa shape index (κ1) is 33.7. The molecule has 0 radical (unpaired) electrons. The predicted molar refractivity (Wildman–Crippen MR) is 180 cm³/mol. The highest BCUT2D eigenvalue weighted by molar-refractivity contribution is 7.92. The predicted octanol–water partition coefficient (Wildman–Crippen LogP) is 6.12. The summed E-state index contributed by atoms with van der Waals surface area (Å²) in [5, 5.41) is 3.20. The number of rotatable bonds is 13. The van der Waals surface area contributed by atoms with Gasteiger partial charge in [-0.25, -0.2) is 12.8 Å². The van der Waals surface area contributed by atoms with Gasteiger partial charge in [0.25, 0.3) is 10.0 Å². The molecule has 0 unspecified atom stereocenters. The van der Waals surface area contributed by atoms with E-state index < -0.39 is 34.3 Å². The lowest BCUT2D eigenvalue weighted by molar-refractivity contribution is -0.140. The van der Waals surface area contributed by atoms with Gasteiger partial charge < -0.3 is 15.0 Å². The molecule has 10 heteroatoms. The molecule has 0 aliphatic heterocycles. The topological polar surface area (TPSA) is 96.0 Å². The molecule has 4 aromatic rings. The van der Waals surface area contributed by atoms with Crippen LogP contribution in [-0.2, 0) is 32.6 Å². The number of sulfonamides is 1. The zero-order chi connectivity index (χ0) is 33.2. The fourth-order valence-corrected chi connectivity index (χ4v) is 7.30. The maximum absolute atomic E-state index is 14.6. The first-order chi connectivity index (χ1) is 22.7. The number of hydrogen-bond donors (Lipinski definition) is 1. The summed E-state index contributed by atoms with van der Waals surface area (Å²) < 4.78 is 48.4. The van der Waals surface area contributed by atoms with E-state index in [0.717, 1.165) is 59.7 Å². The van der Waals surface area contributed by atoms with Crippen molar-refractivity contribution in [1.29, 1.82) is 0 Å². The molecule has 2 amide bonds. The first-order valence-corrected chi connectivity index (χ1v) is 17.3. The number of ether oxygens (including phenoxy) is 1. The van der Waals surface area contributed by atoms with E-state index in [-0.39, 0.29) is 35.5 Å². The number of hydrogen-bond acceptors (Lipinski definition) is 5. The number of methoxy groups -OCH3 is 1. The summed E-state index contributed by atoms with van der Waals surface area (Å²) in [6, 6.07) is 28.6. The third kappa shape index (κ3) is 8.77. The Hall–Kier alpha value is -4.70. The first-order valence-electron chi connectivity index (χ1n) is 15.8. The number of benzene rings is 4. The molecule has 1 atom stereocenters. The van der Waals surface area contributed by atoms with E-state index in [1.165, 1.54) is 48.4 Å². The van der Waals surface area contributed by atoms with Gasteiger partial charge in [0.2, 0.25) is 11.8 Å². The molecule has 8 nitrogen and oxygen atoms in total. The van der Waals surface area contributed by atoms with Crippen LogP contribution in [-0.4, -0.2) is 50.9 Å². The summed E-state index contributed by atoms with van der Waals surface area (Å²) in [4.78, 5) is 30.1. The summed E-state index contributed by atoms with van der Waals surface area (Å²) in [6.07, 6.45) is 5.15. The fourth-order valence-electron chi connectivity index (χ4n) is 5.89. The van der Waals surface area contributed by atoms with Gasteiger partial charge in [0, 0.05) is 19.0 Å². The second-order valence-electron chi connectivity index (χ2n) is 11.7. The molecule has 0 heterocycles. The van der Waals surface area contributed by atoms with Crippen LogP contribution in [0, 0.1) is 5.82 Å². The lowest BCUT2D eigenvalue weighted by Crippen LogP contribution is -2.55. The maximum Gasteiger partial charge on any atom is 0.264 e. The molecule has 0 spiro atoms. The van der Waals surface area contributed by atoms with E-state index in [2.05, 4.69) is 5.32 Å². The zero-order valence-corrected chi connectivity index (χ0v) is 27.2. The Morgan fingerprint density at radius 2 is 1.43 bits per heavy atom. The number of nitrogens with zero attached hydrogens (tertiary/aromatic N) is 2. The fraction of sp³-hybridized carbons (Fsp3) is 0.297. The van der Waals surface area contributed by atoms with Gasteiger partial charge >= 0.3 is 0 Å². The van der Waals surface area contributed by atoms with Crippen molar-refractivity contribution >= 4 is 27.5 Å². The van der Waals surface area contributed by atoms with E-state index in [1.807, 2.05) is 60.7 Å². The molecular formula is C37H40FN3O5S. The Bertz CT molecular complexity index is 1710. The van der Waals surface area contributed by atoms with Crippen LogP contribution in [0.4, 0.5) is 10.1 Å². The van der Waals surface area contributed by atoms with Crippen LogP contribution in [0.5, 0.6) is 5.75 Å². The van der Waals surface area contributed by atoms with Crippen LogP contribution in [0.25, 0.3) is 0 Å². The average Bonchev–Trinajstić information content (AvgIpc) is 3.10. The van der Waals surface area contributed by atoms with Crippen LogP contribution < -0.4 is 14.4 Å². The summed E-state index contributed by atoms with van der Waals surface area (Å²) in [5.74, 6) is -0.934. The second kappa shape index (κ2) is 15.7. The minimum absolute atomic E-state index is 0.00867. The third-order valence-electron chi connectivity index (χ3n) is 8.46. The lowest BCUT2D eigenvalue weighted by atomic mass is 9.94. The van der Waals surface area contributed by atoms with Gasteiger partial charge in [-0.15, -0.1) is 0 Å². The Labute approximate surface area is 276 Å². The van der Waals surface area contributed by atoms with E-state index in [1.54, 1.807) is 0 Å². The van der Waals surface area contributed by atoms with Gasteiger partial charge in [0.15, 0.2) is 0 Å². The van der Waals surface area contributed by atoms with Gasteiger partial charge in [-0.1, -0.05) is 79.9 Å². The van der Waals surface area contributed by atoms with Crippen LogP contribution in [0.2, 0.25) is 0 Å². The summed E-state index contributed by atoms with van der Waals surface area (Å²) in [6.45, 7) is -0.538. The van der Waals surface area contributed by atoms with Gasteiger partial charge in [-0.05, 0) is 72.5 Å². The Balaban J connectivity index is 1.54. The second-order valence-corrected chi connectivity index (χ2v) is 13.6. The molecule has 0 aromatic heterocycles. The maximum atomic E-state index is 14.6. The minimum Gasteiger partial charge on any atom is -0.497 e. The molecule has 1 fully saturated rings. The van der Waals surface area contributed by atoms with Crippen LogP contribution in [0.1, 0.15) is 43.2 Å². The van der Waals surface area contributed by atoms with E-state index in [4.69, 9.17) is 4.74 Å². The molecule has 246 valence electrons. The van der Waals surface area contributed by atoms with Gasteiger partial charge in [0.1, 0.15) is 24.2 Å². The average molecular weight is 658 g/mol. The lowest BCUT2D eigenvalue weighted by Gasteiger charge is -2.35. The molecule has 0 saturated heterocycles. The Morgan fingerprint density at radius 1 is 0.830 bits per heavy atom. The normalized spacial score (nSPS) is 14.2. The van der Waals surface area contributed by atoms with Crippen LogP contribution in [0.3, 0.4) is 0 Å². The van der Waals surface area contributed by atoms with Crippen molar-refractivity contribution in [2.24, 2.45) is 0 Å². The number of nitrogens with one attached hydrogen (secondary N) is 1. The summed E-state index contributed by atoms with van der Waals surface area (Å²) >= 11 is 0. The van der Waals surface area contributed by atoms with Crippen LogP contribution in [0.15, 0.2) is 114 Å². The summed E-state index contributed by atoms with van der Waals surface area (Å²) in [5.41, 5.74) is 1.76. The van der Waals surface area contributed by atoms with Crippen molar-refractivity contribution in [2.45, 2.75) is 62.0 Å². The molecule has 1 N–H and O–H groups in total. The van der Waals surface area contributed by atoms with Crippen LogP contribution >= 0.6 is 0 Å². The van der Waals surface area contributed by atoms with Crippen molar-refractivity contribution in [1.82, 2.24) is 10.2 Å². The largest absolute Gasteiger partial charge is 0.497 e. The van der Waals surface area contributed by atoms with Gasteiger partial charge in [-0.3, -0.25) is 13.9 Å². The number of halogens is 1. The highest BCUT2D eigenvalue weighted by atomic mass is 32.2. The molecule has 47 heavy (non-hydrogen) atoms. The molecular weight excluding hydrogens is 617 g/mol. The van der Waals surface area contributed by atoms with Crippen molar-refractivity contribution in [3.8, 4) is 5.75 Å². The molecule has 1 saturated carbocycles. The van der Waals surface area contributed by atoms with Crippen molar-refractivity contribution in [3.63, 3.8) is 0 Å². The Morgan fingerprint density at radius 3 is 2.02 bits per heavy atom. The Kier molecular flexibility index (Phi) is 11.3. The standard InChI is InChI=1S/C37H40FN3O5S/c1-46-33-21-23-34(24-22-33)47(44,45)41(32-19-17-30(38)18-20-32)27-36(42)40(26-29-13-7-3-8-14-29)35(25-28-11-5-2-6-12-28)37(43)39-31-15-9-4-10-16-31/h2-3,5-8,11-14,17-24,31,35H,4,9-10,15-16,25-27H2,1H3,(H,39,43)/t35-/m0/s1. The monoisotopic (exact) mass is 657 g/mol. The number of amides is 2. The molecule has 5 rings (SSSR count). The smallest absolute Gasteiger partial charge is 0.264 e. The highest BCUT2D eigenvalue weighted by Crippen LogP contribution is 2.27. The van der Waals surface area contributed by atoms with E-state index in [9.17, 15) is 22.4 Å². The number of carbonyl (C=O) groups excluding carboxylic acids is 2. The highest BCUT2D eigenvalue weighted by Gasteiger charge is 2.35. The third-order valence-corrected chi connectivity index (χ3v) is 10.2. The summed E-state index contributed by atoms with van der Waals surface area (Å²) in [7, 11) is -2.84. The van der Waals surface area contributed by atoms with E-state index >= 15 is 0 Å². The molecule has 4 aromatic carbocycles.